The van der Waals surface area contributed by atoms with E-state index in [-0.39, 0.29) is 16.9 Å². The van der Waals surface area contributed by atoms with Crippen molar-refractivity contribution in [3.63, 3.8) is 0 Å². The third kappa shape index (κ3) is 3.94. The minimum Gasteiger partial charge on any atom is -0.367 e. The molecule has 2 rings (SSSR count). The molecule has 1 aromatic rings. The van der Waals surface area contributed by atoms with Crippen LogP contribution in [0, 0.1) is 11.8 Å². The maximum atomic E-state index is 11.8. The molecule has 1 fully saturated rings. The van der Waals surface area contributed by atoms with Crippen molar-refractivity contribution in [2.24, 2.45) is 11.8 Å². The zero-order chi connectivity index (χ0) is 13.7. The lowest BCUT2D eigenvalue weighted by atomic mass is 9.81. The second-order valence-corrected chi connectivity index (χ2v) is 5.59. The number of rotatable bonds is 4. The molecule has 0 saturated heterocycles. The molecular formula is C15H22N2O2. The van der Waals surface area contributed by atoms with Gasteiger partial charge in [0.2, 0.25) is 0 Å². The number of aromatic nitrogens is 1. The van der Waals surface area contributed by atoms with E-state index in [2.05, 4.69) is 17.2 Å². The van der Waals surface area contributed by atoms with Crippen molar-refractivity contribution in [3.05, 3.63) is 34.2 Å². The molecule has 0 aromatic carbocycles. The number of hydrogen-bond acceptors (Lipinski definition) is 2. The quantitative estimate of drug-likeness (QED) is 0.874. The van der Waals surface area contributed by atoms with Crippen LogP contribution in [0.4, 0.5) is 0 Å². The van der Waals surface area contributed by atoms with Crippen LogP contribution < -0.4 is 10.7 Å². The molecule has 1 saturated carbocycles. The molecule has 4 nitrogen and oxygen atoms in total. The summed E-state index contributed by atoms with van der Waals surface area (Å²) in [6.45, 7) is 2.96. The Morgan fingerprint density at radius 1 is 1.37 bits per heavy atom. The number of pyridine rings is 1. The Bertz CT molecular complexity index is 473. The van der Waals surface area contributed by atoms with Gasteiger partial charge in [0.05, 0.1) is 0 Å². The number of amides is 1. The smallest absolute Gasteiger partial charge is 0.256 e. The van der Waals surface area contributed by atoms with Crippen molar-refractivity contribution < 1.29 is 4.79 Å². The Labute approximate surface area is 113 Å². The Morgan fingerprint density at radius 2 is 2.11 bits per heavy atom. The van der Waals surface area contributed by atoms with Crippen LogP contribution >= 0.6 is 0 Å². The molecule has 0 bridgehead atoms. The molecule has 1 amide bonds. The molecule has 2 N–H and O–H groups in total. The van der Waals surface area contributed by atoms with Crippen molar-refractivity contribution in [1.29, 1.82) is 0 Å². The third-order valence-corrected chi connectivity index (χ3v) is 4.04. The molecule has 19 heavy (non-hydrogen) atoms. The van der Waals surface area contributed by atoms with Gasteiger partial charge in [0.15, 0.2) is 5.43 Å². The van der Waals surface area contributed by atoms with Crippen molar-refractivity contribution in [1.82, 2.24) is 10.3 Å². The van der Waals surface area contributed by atoms with Gasteiger partial charge in [0.25, 0.3) is 5.91 Å². The topological polar surface area (TPSA) is 62.0 Å². The molecule has 0 atom stereocenters. The summed E-state index contributed by atoms with van der Waals surface area (Å²) in [7, 11) is 0. The maximum absolute atomic E-state index is 11.8. The lowest BCUT2D eigenvalue weighted by Crippen LogP contribution is -2.30. The third-order valence-electron chi connectivity index (χ3n) is 4.04. The van der Waals surface area contributed by atoms with Crippen LogP contribution in [0.3, 0.4) is 0 Å². The lowest BCUT2D eigenvalue weighted by molar-refractivity contribution is 0.0948. The van der Waals surface area contributed by atoms with Crippen LogP contribution in [0.5, 0.6) is 0 Å². The molecule has 1 aromatic heterocycles. The second kappa shape index (κ2) is 6.55. The van der Waals surface area contributed by atoms with Gasteiger partial charge in [-0.3, -0.25) is 9.59 Å². The maximum Gasteiger partial charge on any atom is 0.256 e. The Balaban J connectivity index is 1.75. The fraction of sp³-hybridized carbons (Fsp3) is 0.600. The highest BCUT2D eigenvalue weighted by Crippen LogP contribution is 2.29. The molecule has 0 aliphatic heterocycles. The van der Waals surface area contributed by atoms with E-state index in [1.54, 1.807) is 0 Å². The minimum absolute atomic E-state index is 0.194. The van der Waals surface area contributed by atoms with Gasteiger partial charge in [-0.05, 0) is 18.3 Å². The fourth-order valence-corrected chi connectivity index (χ4v) is 2.70. The van der Waals surface area contributed by atoms with Crippen LogP contribution in [-0.4, -0.2) is 17.4 Å². The van der Waals surface area contributed by atoms with Gasteiger partial charge in [-0.1, -0.05) is 32.6 Å². The predicted molar refractivity (Wildman–Crippen MR) is 75.1 cm³/mol. The molecule has 1 aliphatic rings. The van der Waals surface area contributed by atoms with Crippen molar-refractivity contribution >= 4 is 5.91 Å². The molecule has 1 heterocycles. The SMILES string of the molecule is CC1CCC(CCNC(=O)c2c[nH]ccc2=O)CC1. The van der Waals surface area contributed by atoms with E-state index < -0.39 is 0 Å². The predicted octanol–water partition coefficient (Wildman–Crippen LogP) is 2.32. The summed E-state index contributed by atoms with van der Waals surface area (Å²) in [6.07, 6.45) is 9.14. The average molecular weight is 262 g/mol. The molecular weight excluding hydrogens is 240 g/mol. The highest BCUT2D eigenvalue weighted by molar-refractivity contribution is 5.93. The van der Waals surface area contributed by atoms with Crippen LogP contribution in [0.15, 0.2) is 23.3 Å². The first-order valence-corrected chi connectivity index (χ1v) is 7.12. The van der Waals surface area contributed by atoms with Crippen LogP contribution in [0.25, 0.3) is 0 Å². The fourth-order valence-electron chi connectivity index (χ4n) is 2.70. The number of carbonyl (C=O) groups excluding carboxylic acids is 1. The lowest BCUT2D eigenvalue weighted by Gasteiger charge is -2.26. The van der Waals surface area contributed by atoms with Crippen LogP contribution in [-0.2, 0) is 0 Å². The molecule has 4 heteroatoms. The first kappa shape index (κ1) is 13.8. The van der Waals surface area contributed by atoms with E-state index in [4.69, 9.17) is 0 Å². The number of hydrogen-bond donors (Lipinski definition) is 2. The largest absolute Gasteiger partial charge is 0.367 e. The first-order valence-electron chi connectivity index (χ1n) is 7.12. The van der Waals surface area contributed by atoms with Gasteiger partial charge < -0.3 is 10.3 Å². The van der Waals surface area contributed by atoms with Gasteiger partial charge in [-0.15, -0.1) is 0 Å². The average Bonchev–Trinajstić information content (AvgIpc) is 2.41. The summed E-state index contributed by atoms with van der Waals surface area (Å²) in [5, 5.41) is 2.84. The Hall–Kier alpha value is -1.58. The summed E-state index contributed by atoms with van der Waals surface area (Å²) < 4.78 is 0. The summed E-state index contributed by atoms with van der Waals surface area (Å²) in [5.41, 5.74) is -0.0393. The Morgan fingerprint density at radius 3 is 2.79 bits per heavy atom. The van der Waals surface area contributed by atoms with Crippen LogP contribution in [0.2, 0.25) is 0 Å². The monoisotopic (exact) mass is 262 g/mol. The summed E-state index contributed by atoms with van der Waals surface area (Å²) in [6, 6.07) is 1.37. The normalized spacial score (nSPS) is 23.0. The molecule has 0 spiro atoms. The minimum atomic E-state index is -0.272. The van der Waals surface area contributed by atoms with Crippen molar-refractivity contribution in [2.75, 3.05) is 6.54 Å². The van der Waals surface area contributed by atoms with Gasteiger partial charge >= 0.3 is 0 Å². The summed E-state index contributed by atoms with van der Waals surface area (Å²) in [5.74, 6) is 1.31. The van der Waals surface area contributed by atoms with Gasteiger partial charge in [-0.25, -0.2) is 0 Å². The van der Waals surface area contributed by atoms with Gasteiger partial charge in [0.1, 0.15) is 5.56 Å². The van der Waals surface area contributed by atoms with E-state index in [1.807, 2.05) is 0 Å². The standard InChI is InChI=1S/C15H22N2O2/c1-11-2-4-12(5-3-11)6-9-17-15(19)13-10-16-8-7-14(13)18/h7-8,10-12H,2-6,9H2,1H3,(H,16,18)(H,17,19). The van der Waals surface area contributed by atoms with Gasteiger partial charge in [0, 0.05) is 25.0 Å². The van der Waals surface area contributed by atoms with Gasteiger partial charge in [-0.2, -0.15) is 0 Å². The number of H-pyrrole nitrogens is 1. The molecule has 104 valence electrons. The van der Waals surface area contributed by atoms with E-state index >= 15 is 0 Å². The number of aromatic amines is 1. The number of carbonyl (C=O) groups is 1. The van der Waals surface area contributed by atoms with Crippen LogP contribution in [0.1, 0.15) is 49.4 Å². The van der Waals surface area contributed by atoms with Crippen molar-refractivity contribution in [3.8, 4) is 0 Å². The van der Waals surface area contributed by atoms with E-state index in [9.17, 15) is 9.59 Å². The Kier molecular flexibility index (Phi) is 4.77. The highest BCUT2D eigenvalue weighted by atomic mass is 16.2. The highest BCUT2D eigenvalue weighted by Gasteiger charge is 2.18. The second-order valence-electron chi connectivity index (χ2n) is 5.59. The summed E-state index contributed by atoms with van der Waals surface area (Å²) >= 11 is 0. The first-order chi connectivity index (χ1) is 9.16. The molecule has 1 aliphatic carbocycles. The van der Waals surface area contributed by atoms with Crippen molar-refractivity contribution in [2.45, 2.75) is 39.0 Å². The molecule has 0 unspecified atom stereocenters. The molecule has 0 radical (unpaired) electrons. The zero-order valence-corrected chi connectivity index (χ0v) is 11.4. The zero-order valence-electron chi connectivity index (χ0n) is 11.4. The van der Waals surface area contributed by atoms with E-state index in [0.29, 0.717) is 6.54 Å². The van der Waals surface area contributed by atoms with E-state index in [0.717, 1.165) is 18.3 Å². The summed E-state index contributed by atoms with van der Waals surface area (Å²) in [4.78, 5) is 26.1. The van der Waals surface area contributed by atoms with E-state index in [1.165, 1.54) is 44.1 Å². The number of nitrogens with one attached hydrogen (secondary N) is 2.